The van der Waals surface area contributed by atoms with Crippen LogP contribution in [0.4, 0.5) is 0 Å². The number of hydrazone groups is 1. The van der Waals surface area contributed by atoms with E-state index in [-0.39, 0.29) is 11.9 Å². The van der Waals surface area contributed by atoms with Crippen LogP contribution in [0.15, 0.2) is 78.0 Å². The van der Waals surface area contributed by atoms with E-state index in [4.69, 9.17) is 9.47 Å². The van der Waals surface area contributed by atoms with Crippen molar-refractivity contribution in [3.05, 3.63) is 89.7 Å². The zero-order chi connectivity index (χ0) is 20.9. The van der Waals surface area contributed by atoms with Gasteiger partial charge in [-0.2, -0.15) is 5.10 Å². The summed E-state index contributed by atoms with van der Waals surface area (Å²) >= 11 is 0. The molecule has 3 aromatic rings. The lowest BCUT2D eigenvalue weighted by Crippen LogP contribution is -2.31. The topological polar surface area (TPSA) is 84.0 Å². The summed E-state index contributed by atoms with van der Waals surface area (Å²) in [4.78, 5) is 27.7. The first-order valence-corrected chi connectivity index (χ1v) is 9.55. The Labute approximate surface area is 173 Å². The van der Waals surface area contributed by atoms with Crippen LogP contribution in [-0.2, 0) is 9.53 Å². The fourth-order valence-electron chi connectivity index (χ4n) is 3.36. The minimum atomic E-state index is -0.583. The molecule has 1 aromatic heterocycles. The van der Waals surface area contributed by atoms with E-state index in [2.05, 4.69) is 10.1 Å². The van der Waals surface area contributed by atoms with Crippen molar-refractivity contribution in [3.63, 3.8) is 0 Å². The quantitative estimate of drug-likeness (QED) is 0.638. The van der Waals surface area contributed by atoms with Gasteiger partial charge in [-0.3, -0.25) is 4.79 Å². The maximum Gasteiger partial charge on any atom is 0.355 e. The lowest BCUT2D eigenvalue weighted by molar-refractivity contribution is -0.136. The zero-order valence-electron chi connectivity index (χ0n) is 16.4. The third kappa shape index (κ3) is 4.10. The number of nitrogens with one attached hydrogen (secondary N) is 1. The van der Waals surface area contributed by atoms with Crippen molar-refractivity contribution in [2.24, 2.45) is 5.10 Å². The maximum atomic E-state index is 12.9. The van der Waals surface area contributed by atoms with Crippen LogP contribution in [0.2, 0.25) is 0 Å². The Balaban J connectivity index is 1.55. The molecule has 7 heteroatoms. The summed E-state index contributed by atoms with van der Waals surface area (Å²) in [6, 6.07) is 20.2. The summed E-state index contributed by atoms with van der Waals surface area (Å²) < 4.78 is 10.4. The second kappa shape index (κ2) is 8.65. The predicted molar refractivity (Wildman–Crippen MR) is 111 cm³/mol. The van der Waals surface area contributed by atoms with Crippen molar-refractivity contribution in [2.45, 2.75) is 12.5 Å². The summed E-state index contributed by atoms with van der Waals surface area (Å²) in [6.07, 6.45) is 2.18. The molecule has 2 heterocycles. The maximum absolute atomic E-state index is 12.9. The highest BCUT2D eigenvalue weighted by Gasteiger charge is 2.33. The molecule has 1 aliphatic rings. The molecule has 0 spiro atoms. The van der Waals surface area contributed by atoms with Crippen molar-refractivity contribution in [3.8, 4) is 5.75 Å². The average Bonchev–Trinajstić information content (AvgIpc) is 3.48. The van der Waals surface area contributed by atoms with Gasteiger partial charge >= 0.3 is 5.97 Å². The molecule has 0 saturated carbocycles. The van der Waals surface area contributed by atoms with Crippen LogP contribution < -0.4 is 4.74 Å². The number of hydrogen-bond donors (Lipinski definition) is 1. The normalized spacial score (nSPS) is 15.6. The minimum absolute atomic E-state index is 0.289. The van der Waals surface area contributed by atoms with Gasteiger partial charge in [-0.05, 0) is 35.4 Å². The molecule has 0 aliphatic carbocycles. The summed E-state index contributed by atoms with van der Waals surface area (Å²) in [5.74, 6) is -0.235. The van der Waals surface area contributed by atoms with Gasteiger partial charge < -0.3 is 14.5 Å². The van der Waals surface area contributed by atoms with Gasteiger partial charge in [0.1, 0.15) is 11.4 Å². The highest BCUT2D eigenvalue weighted by molar-refractivity contribution is 6.03. The number of rotatable bonds is 6. The molecule has 0 unspecified atom stereocenters. The van der Waals surface area contributed by atoms with Crippen LogP contribution in [-0.4, -0.2) is 41.3 Å². The van der Waals surface area contributed by atoms with E-state index < -0.39 is 12.6 Å². The average molecular weight is 403 g/mol. The molecule has 1 atom stereocenters. The molecular formula is C23H21N3O4. The largest absolute Gasteiger partial charge is 0.497 e. The van der Waals surface area contributed by atoms with E-state index in [0.717, 1.165) is 22.6 Å². The first-order valence-electron chi connectivity index (χ1n) is 9.55. The molecule has 1 N–H and O–H groups in total. The number of carbonyl (C=O) groups is 2. The van der Waals surface area contributed by atoms with Gasteiger partial charge in [-0.1, -0.05) is 42.5 Å². The summed E-state index contributed by atoms with van der Waals surface area (Å²) in [5, 5.41) is 5.98. The van der Waals surface area contributed by atoms with Gasteiger partial charge in [0, 0.05) is 12.6 Å². The lowest BCUT2D eigenvalue weighted by Gasteiger charge is -2.22. The number of ether oxygens (including phenoxy) is 2. The van der Waals surface area contributed by atoms with Gasteiger partial charge in [0.15, 0.2) is 6.61 Å². The van der Waals surface area contributed by atoms with Gasteiger partial charge in [0.2, 0.25) is 0 Å². The molecule has 2 aromatic carbocycles. The number of methoxy groups -OCH3 is 1. The van der Waals surface area contributed by atoms with Gasteiger partial charge in [0.05, 0.1) is 18.9 Å². The van der Waals surface area contributed by atoms with E-state index in [0.29, 0.717) is 12.1 Å². The van der Waals surface area contributed by atoms with Crippen LogP contribution in [0.5, 0.6) is 5.75 Å². The first kappa shape index (κ1) is 19.4. The molecule has 4 rings (SSSR count). The highest BCUT2D eigenvalue weighted by atomic mass is 16.5. The van der Waals surface area contributed by atoms with Crippen LogP contribution in [0.3, 0.4) is 0 Å². The van der Waals surface area contributed by atoms with Gasteiger partial charge in [0.25, 0.3) is 5.91 Å². The predicted octanol–water partition coefficient (Wildman–Crippen LogP) is 3.56. The minimum Gasteiger partial charge on any atom is -0.497 e. The molecule has 0 fully saturated rings. The molecule has 152 valence electrons. The lowest BCUT2D eigenvalue weighted by atomic mass is 9.98. The van der Waals surface area contributed by atoms with Gasteiger partial charge in [-0.15, -0.1) is 0 Å². The van der Waals surface area contributed by atoms with E-state index in [1.165, 1.54) is 5.01 Å². The summed E-state index contributed by atoms with van der Waals surface area (Å²) in [5.41, 5.74) is 2.98. The second-order valence-electron chi connectivity index (χ2n) is 6.80. The van der Waals surface area contributed by atoms with Crippen LogP contribution >= 0.6 is 0 Å². The number of hydrogen-bond acceptors (Lipinski definition) is 5. The van der Waals surface area contributed by atoms with Crippen LogP contribution in [0, 0.1) is 0 Å². The summed E-state index contributed by atoms with van der Waals surface area (Å²) in [7, 11) is 1.61. The zero-order valence-corrected chi connectivity index (χ0v) is 16.4. The van der Waals surface area contributed by atoms with E-state index in [1.54, 1.807) is 25.4 Å². The number of H-pyrrole nitrogens is 1. The Bertz CT molecular complexity index is 1040. The number of aromatic nitrogens is 1. The fourth-order valence-corrected chi connectivity index (χ4v) is 3.36. The number of aromatic amines is 1. The van der Waals surface area contributed by atoms with Crippen LogP contribution in [0.25, 0.3) is 0 Å². The molecule has 1 aliphatic heterocycles. The highest BCUT2D eigenvalue weighted by Crippen LogP contribution is 2.33. The number of esters is 1. The Kier molecular flexibility index (Phi) is 5.61. The molecule has 0 bridgehead atoms. The SMILES string of the molecule is COc1ccc([C@@H]2CC(c3ccccc3)=NN2C(=O)COC(=O)c2ccc[nH]2)cc1. The fraction of sp³-hybridized carbons (Fsp3) is 0.174. The smallest absolute Gasteiger partial charge is 0.355 e. The number of nitrogens with zero attached hydrogens (tertiary/aromatic N) is 2. The Morgan fingerprint density at radius 1 is 1.07 bits per heavy atom. The van der Waals surface area contributed by atoms with E-state index in [1.807, 2.05) is 54.6 Å². The third-order valence-corrected chi connectivity index (χ3v) is 4.92. The molecule has 0 saturated heterocycles. The third-order valence-electron chi connectivity index (χ3n) is 4.92. The van der Waals surface area contributed by atoms with Crippen molar-refractivity contribution >= 4 is 17.6 Å². The Morgan fingerprint density at radius 2 is 1.83 bits per heavy atom. The molecule has 0 radical (unpaired) electrons. The number of amides is 1. The molecule has 1 amide bonds. The monoisotopic (exact) mass is 403 g/mol. The second-order valence-corrected chi connectivity index (χ2v) is 6.80. The summed E-state index contributed by atoms with van der Waals surface area (Å²) in [6.45, 7) is -0.393. The van der Waals surface area contributed by atoms with Crippen LogP contribution in [0.1, 0.15) is 34.1 Å². The Morgan fingerprint density at radius 3 is 2.50 bits per heavy atom. The Hall–Kier alpha value is -3.87. The van der Waals surface area contributed by atoms with E-state index >= 15 is 0 Å². The first-order chi connectivity index (χ1) is 14.7. The molecule has 7 nitrogen and oxygen atoms in total. The van der Waals surface area contributed by atoms with Crippen molar-refractivity contribution in [1.82, 2.24) is 9.99 Å². The van der Waals surface area contributed by atoms with Crippen molar-refractivity contribution < 1.29 is 19.1 Å². The molecule has 30 heavy (non-hydrogen) atoms. The number of benzene rings is 2. The molecular weight excluding hydrogens is 382 g/mol. The van der Waals surface area contributed by atoms with E-state index in [9.17, 15) is 9.59 Å². The number of carbonyl (C=O) groups excluding carboxylic acids is 2. The van der Waals surface area contributed by atoms with Crippen molar-refractivity contribution in [2.75, 3.05) is 13.7 Å². The van der Waals surface area contributed by atoms with Gasteiger partial charge in [-0.25, -0.2) is 9.80 Å². The standard InChI is InChI=1S/C23H21N3O4/c1-29-18-11-9-17(10-12-18)21-14-20(16-6-3-2-4-7-16)25-26(21)22(27)15-30-23(28)19-8-5-13-24-19/h2-13,21,24H,14-15H2,1H3/t21-/m0/s1. The van der Waals surface area contributed by atoms with Crippen molar-refractivity contribution in [1.29, 1.82) is 0 Å².